The molecule has 2 aliphatic rings. The van der Waals surface area contributed by atoms with Gasteiger partial charge >= 0.3 is 5.92 Å². The number of rotatable bonds is 7. The number of nitrogens with zero attached hydrogens (tertiary/aromatic N) is 5. The van der Waals surface area contributed by atoms with Gasteiger partial charge in [0.25, 0.3) is 0 Å². The molecule has 0 radical (unpaired) electrons. The van der Waals surface area contributed by atoms with E-state index >= 15 is 0 Å². The molecule has 38 heavy (non-hydrogen) atoms. The number of amides is 1. The zero-order chi connectivity index (χ0) is 27.0. The molecule has 13 heteroatoms. The summed E-state index contributed by atoms with van der Waals surface area (Å²) in [6, 6.07) is 4.74. The monoisotopic (exact) mass is 553 g/mol. The number of thiazole rings is 1. The van der Waals surface area contributed by atoms with Gasteiger partial charge in [-0.15, -0.1) is 11.3 Å². The van der Waals surface area contributed by atoms with E-state index in [1.807, 2.05) is 5.38 Å². The van der Waals surface area contributed by atoms with Crippen molar-refractivity contribution >= 4 is 23.0 Å². The van der Waals surface area contributed by atoms with Crippen LogP contribution in [0, 0.1) is 18.6 Å². The van der Waals surface area contributed by atoms with Crippen LogP contribution in [0.25, 0.3) is 0 Å². The number of halogens is 5. The molecule has 1 amide bonds. The molecule has 1 fully saturated rings. The minimum absolute atomic E-state index is 0.113. The topological polar surface area (TPSA) is 72.6 Å². The maximum Gasteiger partial charge on any atom is 0.319 e. The van der Waals surface area contributed by atoms with Crippen LogP contribution >= 0.6 is 11.3 Å². The van der Waals surface area contributed by atoms with Crippen molar-refractivity contribution in [1.29, 1.82) is 0 Å². The summed E-state index contributed by atoms with van der Waals surface area (Å²) in [6.45, 7) is 0.410. The van der Waals surface area contributed by atoms with Crippen LogP contribution < -0.4 is 0 Å². The van der Waals surface area contributed by atoms with Crippen molar-refractivity contribution < 1.29 is 31.6 Å². The average molecular weight is 554 g/mol. The van der Waals surface area contributed by atoms with Crippen LogP contribution in [-0.2, 0) is 22.1 Å². The van der Waals surface area contributed by atoms with Crippen LogP contribution in [0.4, 0.5) is 22.0 Å². The van der Waals surface area contributed by atoms with Crippen molar-refractivity contribution in [3.63, 3.8) is 0 Å². The van der Waals surface area contributed by atoms with Crippen LogP contribution in [0.15, 0.2) is 34.8 Å². The van der Waals surface area contributed by atoms with Crippen molar-refractivity contribution in [1.82, 2.24) is 19.7 Å². The van der Waals surface area contributed by atoms with Gasteiger partial charge in [-0.1, -0.05) is 11.2 Å². The summed E-state index contributed by atoms with van der Waals surface area (Å²) in [6.07, 6.45) is 0.658. The summed E-state index contributed by atoms with van der Waals surface area (Å²) >= 11 is 1.45. The Bertz CT molecular complexity index is 1350. The highest BCUT2D eigenvalue weighted by molar-refractivity contribution is 7.10. The van der Waals surface area contributed by atoms with E-state index < -0.39 is 36.0 Å². The highest BCUT2D eigenvalue weighted by Crippen LogP contribution is 2.35. The molecule has 2 aromatic heterocycles. The highest BCUT2D eigenvalue weighted by Gasteiger charge is 2.36. The number of hydrogen-bond donors (Lipinski definition) is 0. The molecule has 1 atom stereocenters. The number of oxime groups is 1. The van der Waals surface area contributed by atoms with Crippen LogP contribution in [0.3, 0.4) is 0 Å². The first-order valence-corrected chi connectivity index (χ1v) is 12.9. The van der Waals surface area contributed by atoms with E-state index in [0.29, 0.717) is 43.0 Å². The van der Waals surface area contributed by atoms with Gasteiger partial charge in [0.15, 0.2) is 12.8 Å². The molecule has 5 rings (SSSR count). The number of piperidine rings is 1. The van der Waals surface area contributed by atoms with Crippen LogP contribution in [-0.4, -0.2) is 51.0 Å². The Morgan fingerprint density at radius 2 is 1.92 bits per heavy atom. The molecule has 0 aliphatic carbocycles. The first-order chi connectivity index (χ1) is 18.2. The third kappa shape index (κ3) is 5.16. The molecular weight excluding hydrogens is 529 g/mol. The lowest BCUT2D eigenvalue weighted by Gasteiger charge is -2.31. The van der Waals surface area contributed by atoms with E-state index in [9.17, 15) is 26.7 Å². The van der Waals surface area contributed by atoms with Crippen molar-refractivity contribution in [2.75, 3.05) is 19.8 Å². The maximum atomic E-state index is 14.1. The molecule has 202 valence electrons. The fourth-order valence-electron chi connectivity index (χ4n) is 4.63. The maximum absolute atomic E-state index is 14.1. The van der Waals surface area contributed by atoms with Gasteiger partial charge < -0.3 is 9.74 Å². The van der Waals surface area contributed by atoms with E-state index in [0.717, 1.165) is 11.1 Å². The second kappa shape index (κ2) is 10.4. The fourth-order valence-corrected chi connectivity index (χ4v) is 5.63. The van der Waals surface area contributed by atoms with Gasteiger partial charge in [-0.05, 0) is 38.0 Å². The third-order valence-electron chi connectivity index (χ3n) is 6.81. The molecule has 1 saturated heterocycles. The van der Waals surface area contributed by atoms with Crippen LogP contribution in [0.1, 0.15) is 58.9 Å². The number of benzene rings is 1. The van der Waals surface area contributed by atoms with Crippen molar-refractivity contribution in [3.05, 3.63) is 68.9 Å². The number of carbonyl (C=O) groups excluding carboxylic acids is 1. The molecule has 0 bridgehead atoms. The van der Waals surface area contributed by atoms with E-state index in [-0.39, 0.29) is 30.4 Å². The van der Waals surface area contributed by atoms with Gasteiger partial charge in [-0.3, -0.25) is 9.48 Å². The summed E-state index contributed by atoms with van der Waals surface area (Å²) in [7, 11) is 0. The van der Waals surface area contributed by atoms with Gasteiger partial charge in [0.05, 0.1) is 16.3 Å². The molecule has 0 saturated carbocycles. The molecular formula is C25H24F5N5O2S. The highest BCUT2D eigenvalue weighted by atomic mass is 32.1. The zero-order valence-electron chi connectivity index (χ0n) is 20.3. The second-order valence-corrected chi connectivity index (χ2v) is 10.3. The van der Waals surface area contributed by atoms with E-state index in [1.54, 1.807) is 11.8 Å². The summed E-state index contributed by atoms with van der Waals surface area (Å²) in [5.74, 6) is -5.20. The molecule has 3 aromatic rings. The van der Waals surface area contributed by atoms with Crippen molar-refractivity contribution in [2.24, 2.45) is 5.16 Å². The Kier molecular flexibility index (Phi) is 7.21. The number of carbonyl (C=O) groups is 1. The van der Waals surface area contributed by atoms with Crippen LogP contribution in [0.2, 0.25) is 0 Å². The average Bonchev–Trinajstić information content (AvgIpc) is 3.65. The predicted molar refractivity (Wildman–Crippen MR) is 129 cm³/mol. The summed E-state index contributed by atoms with van der Waals surface area (Å²) in [4.78, 5) is 24.4. The molecule has 2 aliphatic heterocycles. The Hall–Kier alpha value is -3.35. The molecule has 7 nitrogen and oxygen atoms in total. The first kappa shape index (κ1) is 26.3. The van der Waals surface area contributed by atoms with Gasteiger partial charge in [0, 0.05) is 36.5 Å². The van der Waals surface area contributed by atoms with Gasteiger partial charge in [0.1, 0.15) is 29.6 Å². The smallest absolute Gasteiger partial charge is 0.319 e. The SMILES string of the molecule is Cc1cc(C(F)(F)CF)nn1CC(=O)N1CCC(c2nc(C3=NOC(c4c(F)cccc4F)C3)cs2)CC1. The molecule has 1 unspecified atom stereocenters. The Morgan fingerprint density at radius 3 is 2.61 bits per heavy atom. The number of likely N-dealkylation sites (tertiary alicyclic amines) is 1. The summed E-state index contributed by atoms with van der Waals surface area (Å²) in [5, 5.41) is 10.4. The number of hydrogen-bond acceptors (Lipinski definition) is 6. The number of aryl methyl sites for hydroxylation is 1. The lowest BCUT2D eigenvalue weighted by Crippen LogP contribution is -2.40. The number of alkyl halides is 3. The molecule has 1 aromatic carbocycles. The number of aromatic nitrogens is 3. The van der Waals surface area contributed by atoms with Crippen molar-refractivity contribution in [3.8, 4) is 0 Å². The summed E-state index contributed by atoms with van der Waals surface area (Å²) < 4.78 is 69.2. The largest absolute Gasteiger partial charge is 0.387 e. The second-order valence-electron chi connectivity index (χ2n) is 9.36. The van der Waals surface area contributed by atoms with E-state index in [4.69, 9.17) is 4.84 Å². The lowest BCUT2D eigenvalue weighted by molar-refractivity contribution is -0.133. The zero-order valence-corrected chi connectivity index (χ0v) is 21.2. The van der Waals surface area contributed by atoms with E-state index in [1.165, 1.54) is 34.2 Å². The molecule has 0 spiro atoms. The van der Waals surface area contributed by atoms with Crippen LogP contribution in [0.5, 0.6) is 0 Å². The van der Waals surface area contributed by atoms with Gasteiger partial charge in [-0.2, -0.15) is 13.9 Å². The Balaban J connectivity index is 1.16. The normalized spacial score (nSPS) is 18.5. The van der Waals surface area contributed by atoms with Gasteiger partial charge in [0.2, 0.25) is 5.91 Å². The Labute approximate surface area is 218 Å². The lowest BCUT2D eigenvalue weighted by atomic mass is 9.97. The van der Waals surface area contributed by atoms with E-state index in [2.05, 4.69) is 15.2 Å². The third-order valence-corrected chi connectivity index (χ3v) is 7.82. The molecule has 0 N–H and O–H groups in total. The van der Waals surface area contributed by atoms with Gasteiger partial charge in [-0.25, -0.2) is 18.2 Å². The fraction of sp³-hybridized carbons (Fsp3) is 0.440. The minimum Gasteiger partial charge on any atom is -0.387 e. The molecule has 4 heterocycles. The minimum atomic E-state index is -3.69. The quantitative estimate of drug-likeness (QED) is 0.375. The first-order valence-electron chi connectivity index (χ1n) is 12.0. The summed E-state index contributed by atoms with van der Waals surface area (Å²) in [5.41, 5.74) is 0.617. The predicted octanol–water partition coefficient (Wildman–Crippen LogP) is 5.26. The Morgan fingerprint density at radius 1 is 1.21 bits per heavy atom. The standard InChI is InChI=1S/C25H24F5N5O2S/c1-14-9-21(25(29,30)13-26)32-35(14)11-22(36)34-7-5-15(6-8-34)24-31-19(12-38-24)18-10-20(37-33-18)23-16(27)3-2-4-17(23)28/h2-4,9,12,15,20H,5-8,10-11,13H2,1H3. The van der Waals surface area contributed by atoms with Crippen molar-refractivity contribution in [2.45, 2.75) is 50.7 Å².